The summed E-state index contributed by atoms with van der Waals surface area (Å²) in [5.74, 6) is -1.47. The van der Waals surface area contributed by atoms with Gasteiger partial charge in [0.25, 0.3) is 5.91 Å². The monoisotopic (exact) mass is 667 g/mol. The molecule has 240 valence electrons. The van der Waals surface area contributed by atoms with Crippen LogP contribution in [0.3, 0.4) is 0 Å². The van der Waals surface area contributed by atoms with Gasteiger partial charge in [-0.1, -0.05) is 78.6 Å². The van der Waals surface area contributed by atoms with E-state index in [1.807, 2.05) is 40.7 Å². The second kappa shape index (κ2) is 33.1. The van der Waals surface area contributed by atoms with Crippen LogP contribution in [0.2, 0.25) is 0 Å². The van der Waals surface area contributed by atoms with Gasteiger partial charge in [0.1, 0.15) is 6.61 Å². The molecule has 0 radical (unpaired) electrons. The van der Waals surface area contributed by atoms with Crippen molar-refractivity contribution in [3.8, 4) is 0 Å². The maximum atomic E-state index is 12.2. The molecule has 0 saturated carbocycles. The molecular weight excluding hydrogens is 619 g/mol. The SMILES string of the molecule is C=CC(=O)N(CCOC(=O)c1cc(CC)ccc1CN)C(C)=O.C=CC=C.CC.CC.COBr.OB(O)c1ccc[o+]c1. The maximum absolute atomic E-state index is 12.2. The van der Waals surface area contributed by atoms with E-state index in [1.54, 1.807) is 43.5 Å². The molecule has 2 rings (SSSR count). The topological polar surface area (TPSA) is 151 Å². The Morgan fingerprint density at radius 3 is 2.00 bits per heavy atom. The first kappa shape index (κ1) is 46.5. The smallest absolute Gasteiger partial charge is 0.460 e. The number of amides is 2. The van der Waals surface area contributed by atoms with Crippen molar-refractivity contribution in [2.75, 3.05) is 20.3 Å². The summed E-state index contributed by atoms with van der Waals surface area (Å²) in [6.45, 7) is 21.4. The van der Waals surface area contributed by atoms with Gasteiger partial charge in [-0.3, -0.25) is 14.5 Å². The minimum absolute atomic E-state index is 0.0165. The van der Waals surface area contributed by atoms with E-state index >= 15 is 0 Å². The Kier molecular flexibility index (Phi) is 35.8. The van der Waals surface area contributed by atoms with Gasteiger partial charge in [0.15, 0.2) is 0 Å². The Morgan fingerprint density at radius 1 is 1.09 bits per heavy atom. The quantitative estimate of drug-likeness (QED) is 0.110. The van der Waals surface area contributed by atoms with E-state index in [2.05, 4.69) is 44.2 Å². The van der Waals surface area contributed by atoms with Crippen LogP contribution in [-0.2, 0) is 31.1 Å². The maximum Gasteiger partial charge on any atom is 0.497 e. The first-order valence-corrected chi connectivity index (χ1v) is 14.3. The van der Waals surface area contributed by atoms with Crippen LogP contribution in [0, 0.1) is 0 Å². The summed E-state index contributed by atoms with van der Waals surface area (Å²) in [6.07, 6.45) is 7.84. The third kappa shape index (κ3) is 23.8. The Hall–Kier alpha value is -3.42. The second-order valence-corrected chi connectivity index (χ2v) is 7.79. The summed E-state index contributed by atoms with van der Waals surface area (Å²) in [4.78, 5) is 36.0. The third-order valence-electron chi connectivity index (χ3n) is 4.51. The lowest BCUT2D eigenvalue weighted by Gasteiger charge is -2.17. The van der Waals surface area contributed by atoms with E-state index in [4.69, 9.17) is 20.5 Å². The Balaban J connectivity index is -0.000000310. The van der Waals surface area contributed by atoms with Crippen molar-refractivity contribution in [2.24, 2.45) is 5.73 Å². The molecule has 2 amide bonds. The molecule has 0 bridgehead atoms. The predicted octanol–water partition coefficient (Wildman–Crippen LogP) is 5.02. The summed E-state index contributed by atoms with van der Waals surface area (Å²) in [5, 5.41) is 17.0. The molecule has 0 atom stereocenters. The summed E-state index contributed by atoms with van der Waals surface area (Å²) in [6, 6.07) is 8.63. The fourth-order valence-corrected chi connectivity index (χ4v) is 2.55. The number of hydrogen-bond donors (Lipinski definition) is 3. The zero-order chi connectivity index (χ0) is 34.2. The minimum atomic E-state index is -1.44. The fraction of sp³-hybridized carbons (Fsp3) is 0.355. The lowest BCUT2D eigenvalue weighted by Crippen LogP contribution is -2.37. The number of nitrogens with two attached hydrogens (primary N) is 1. The number of benzene rings is 1. The number of imide groups is 1. The molecule has 1 aromatic heterocycles. The third-order valence-corrected chi connectivity index (χ3v) is 4.51. The number of halogens is 1. The highest BCUT2D eigenvalue weighted by atomic mass is 79.9. The van der Waals surface area contributed by atoms with Gasteiger partial charge in [-0.05, 0) is 35.8 Å². The van der Waals surface area contributed by atoms with Crippen LogP contribution in [0.15, 0.2) is 85.2 Å². The van der Waals surface area contributed by atoms with Crippen LogP contribution >= 0.6 is 16.3 Å². The molecule has 0 fully saturated rings. The number of allylic oxidation sites excluding steroid dienone is 2. The molecule has 1 heterocycles. The highest BCUT2D eigenvalue weighted by Crippen LogP contribution is 2.14. The molecule has 12 heteroatoms. The molecule has 1 aromatic carbocycles. The van der Waals surface area contributed by atoms with Crippen molar-refractivity contribution in [1.82, 2.24) is 4.90 Å². The Bertz CT molecular complexity index is 1030. The lowest BCUT2D eigenvalue weighted by molar-refractivity contribution is -0.141. The zero-order valence-corrected chi connectivity index (χ0v) is 28.1. The van der Waals surface area contributed by atoms with E-state index in [-0.39, 0.29) is 19.7 Å². The van der Waals surface area contributed by atoms with Gasteiger partial charge in [0.2, 0.25) is 5.91 Å². The number of carbonyl (C=O) groups is 3. The van der Waals surface area contributed by atoms with Crippen molar-refractivity contribution in [3.63, 3.8) is 0 Å². The molecule has 0 aliphatic heterocycles. The van der Waals surface area contributed by atoms with Crippen molar-refractivity contribution in [3.05, 3.63) is 97.5 Å². The normalized spacial score (nSPS) is 8.44. The van der Waals surface area contributed by atoms with Gasteiger partial charge >= 0.3 is 25.6 Å². The highest BCUT2D eigenvalue weighted by molar-refractivity contribution is 9.06. The largest absolute Gasteiger partial charge is 0.497 e. The van der Waals surface area contributed by atoms with E-state index in [1.165, 1.54) is 19.5 Å². The predicted molar refractivity (Wildman–Crippen MR) is 179 cm³/mol. The van der Waals surface area contributed by atoms with Gasteiger partial charge < -0.3 is 24.3 Å². The number of nitrogens with zero attached hydrogens (tertiary/aromatic N) is 1. The van der Waals surface area contributed by atoms with Crippen LogP contribution in [0.5, 0.6) is 0 Å². The van der Waals surface area contributed by atoms with Crippen LogP contribution < -0.4 is 11.2 Å². The molecule has 43 heavy (non-hydrogen) atoms. The fourth-order valence-electron chi connectivity index (χ4n) is 2.55. The second-order valence-electron chi connectivity index (χ2n) is 7.15. The lowest BCUT2D eigenvalue weighted by atomic mass is 9.82. The number of esters is 1. The van der Waals surface area contributed by atoms with E-state index in [9.17, 15) is 14.4 Å². The number of hydrogen-bond acceptors (Lipinski definition) is 8. The highest BCUT2D eigenvalue weighted by Gasteiger charge is 2.17. The molecular formula is C31H49BBrN2O8+. The average Bonchev–Trinajstić information content (AvgIpc) is 3.05. The summed E-state index contributed by atoms with van der Waals surface area (Å²) < 4.78 is 13.9. The first-order chi connectivity index (χ1) is 20.6. The van der Waals surface area contributed by atoms with Crippen molar-refractivity contribution in [2.45, 2.75) is 54.5 Å². The van der Waals surface area contributed by atoms with Crippen LogP contribution in [0.4, 0.5) is 0 Å². The first-order valence-electron chi connectivity index (χ1n) is 13.6. The van der Waals surface area contributed by atoms with E-state index in [0.29, 0.717) is 16.6 Å². The average molecular weight is 668 g/mol. The molecule has 0 aliphatic rings. The van der Waals surface area contributed by atoms with Crippen LogP contribution in [-0.4, -0.2) is 60.1 Å². The van der Waals surface area contributed by atoms with E-state index in [0.717, 1.165) is 23.0 Å². The van der Waals surface area contributed by atoms with Gasteiger partial charge in [-0.15, -0.1) is 0 Å². The zero-order valence-electron chi connectivity index (χ0n) is 26.5. The van der Waals surface area contributed by atoms with Crippen molar-refractivity contribution >= 4 is 46.6 Å². The molecule has 2 aromatic rings. The summed E-state index contributed by atoms with van der Waals surface area (Å²) >= 11 is 2.65. The molecule has 0 aliphatic carbocycles. The Morgan fingerprint density at radius 2 is 1.65 bits per heavy atom. The standard InChI is InChI=1S/C17H22N2O4.C5H6BO3.C4H6.2C2H6.CH3BrO/c1-4-13-6-7-14(11-18)15(10-13)17(22)23-9-8-19(12(3)20)16(21)5-2;7-6(8)5-2-1-3-9-4-5;1-3-4-2;2*1-2;1-3-2/h5-7,10H,2,4,8-9,11,18H2,1,3H3;1-4,7-8H;3-4H,1-2H2;2*1-2H3;1H3/q;+1;;;;. The number of ether oxygens (including phenoxy) is 1. The van der Waals surface area contributed by atoms with Gasteiger partial charge in [-0.2, -0.15) is 0 Å². The van der Waals surface area contributed by atoms with Gasteiger partial charge in [0.05, 0.1) is 40.9 Å². The van der Waals surface area contributed by atoms with E-state index < -0.39 is 24.9 Å². The van der Waals surface area contributed by atoms with Crippen molar-refractivity contribution in [1.29, 1.82) is 0 Å². The summed E-state index contributed by atoms with van der Waals surface area (Å²) in [5.41, 5.74) is 8.10. The molecule has 10 nitrogen and oxygen atoms in total. The number of aryl methyl sites for hydroxylation is 1. The van der Waals surface area contributed by atoms with Gasteiger partial charge in [0, 0.05) is 19.5 Å². The molecule has 4 N–H and O–H groups in total. The van der Waals surface area contributed by atoms with Gasteiger partial charge in [-0.25, -0.2) is 9.21 Å². The molecule has 0 spiro atoms. The number of rotatable bonds is 9. The summed E-state index contributed by atoms with van der Waals surface area (Å²) in [7, 11) is 0.106. The van der Waals surface area contributed by atoms with Crippen LogP contribution in [0.1, 0.15) is 63.0 Å². The molecule has 0 saturated heterocycles. The Labute approximate surface area is 266 Å². The number of carbonyl (C=O) groups excluding carboxylic acids is 3. The van der Waals surface area contributed by atoms with Crippen LogP contribution in [0.25, 0.3) is 0 Å². The minimum Gasteiger partial charge on any atom is -0.460 e. The van der Waals surface area contributed by atoms with Crippen molar-refractivity contribution < 1.29 is 37.4 Å². The molecule has 0 unspecified atom stereocenters.